The van der Waals surface area contributed by atoms with Gasteiger partial charge in [-0.15, -0.1) is 0 Å². The van der Waals surface area contributed by atoms with Gasteiger partial charge in [0.2, 0.25) is 5.78 Å². The van der Waals surface area contributed by atoms with Crippen LogP contribution < -0.4 is 0 Å². The highest BCUT2D eigenvalue weighted by atomic mass is 19.1. The number of nitrogens with zero attached hydrogens (tertiary/aromatic N) is 1. The number of benzene rings is 2. The van der Waals surface area contributed by atoms with Gasteiger partial charge in [0.15, 0.2) is 0 Å². The first-order valence-corrected chi connectivity index (χ1v) is 6.55. The van der Waals surface area contributed by atoms with Crippen molar-refractivity contribution in [2.45, 2.75) is 6.04 Å². The van der Waals surface area contributed by atoms with Crippen molar-refractivity contribution in [2.75, 3.05) is 7.11 Å². The molecule has 0 radical (unpaired) electrons. The van der Waals surface area contributed by atoms with E-state index < -0.39 is 28.5 Å². The lowest BCUT2D eigenvalue weighted by Crippen LogP contribution is -2.21. The van der Waals surface area contributed by atoms with E-state index in [1.165, 1.54) is 12.1 Å². The molecule has 1 atom stereocenters. The van der Waals surface area contributed by atoms with E-state index in [1.807, 2.05) is 0 Å². The lowest BCUT2D eigenvalue weighted by molar-refractivity contribution is -0.510. The molecule has 0 amide bonds. The third-order valence-corrected chi connectivity index (χ3v) is 3.18. The summed E-state index contributed by atoms with van der Waals surface area (Å²) >= 11 is 0. The summed E-state index contributed by atoms with van der Waals surface area (Å²) in [5.41, 5.74) is -0.284. The normalized spacial score (nSPS) is 11.6. The average Bonchev–Trinajstić information content (AvgIpc) is 2.54. The van der Waals surface area contributed by atoms with E-state index in [9.17, 15) is 24.1 Å². The smallest absolute Gasteiger partial charge is 0.337 e. The van der Waals surface area contributed by atoms with Gasteiger partial charge in [0.1, 0.15) is 5.82 Å². The van der Waals surface area contributed by atoms with Crippen LogP contribution in [-0.4, -0.2) is 23.8 Å². The van der Waals surface area contributed by atoms with Crippen LogP contribution in [0.3, 0.4) is 0 Å². The van der Waals surface area contributed by atoms with E-state index in [2.05, 4.69) is 4.74 Å². The topological polar surface area (TPSA) is 86.5 Å². The number of esters is 1. The summed E-state index contributed by atoms with van der Waals surface area (Å²) in [7, 11) is 1.11. The molecule has 0 aliphatic heterocycles. The summed E-state index contributed by atoms with van der Waals surface area (Å²) in [5, 5.41) is 11.3. The fourth-order valence-corrected chi connectivity index (χ4v) is 2.13. The number of ketones is 1. The van der Waals surface area contributed by atoms with Crippen LogP contribution in [0, 0.1) is 15.9 Å². The van der Waals surface area contributed by atoms with Gasteiger partial charge < -0.3 is 4.74 Å². The van der Waals surface area contributed by atoms with E-state index in [0.29, 0.717) is 0 Å². The fourth-order valence-electron chi connectivity index (χ4n) is 2.13. The fraction of sp³-hybridized carbons (Fsp3) is 0.125. The zero-order valence-electron chi connectivity index (χ0n) is 12.1. The first-order chi connectivity index (χ1) is 10.9. The van der Waals surface area contributed by atoms with Gasteiger partial charge >= 0.3 is 5.97 Å². The highest BCUT2D eigenvalue weighted by molar-refractivity contribution is 6.02. The molecule has 2 aromatic rings. The van der Waals surface area contributed by atoms with Crippen LogP contribution in [0.4, 0.5) is 4.39 Å². The van der Waals surface area contributed by atoms with Gasteiger partial charge in [0.05, 0.1) is 12.7 Å². The third kappa shape index (κ3) is 3.57. The molecule has 0 bridgehead atoms. The lowest BCUT2D eigenvalue weighted by atomic mass is 9.96. The van der Waals surface area contributed by atoms with Crippen molar-refractivity contribution >= 4 is 11.8 Å². The van der Waals surface area contributed by atoms with Crippen LogP contribution in [0.5, 0.6) is 0 Å². The Hall–Kier alpha value is -3.09. The van der Waals surface area contributed by atoms with Gasteiger partial charge in [-0.2, -0.15) is 0 Å². The molecule has 1 unspecified atom stereocenters. The number of carbonyl (C=O) groups is 2. The summed E-state index contributed by atoms with van der Waals surface area (Å²) in [4.78, 5) is 34.4. The predicted octanol–water partition coefficient (Wildman–Crippen LogP) is 2.81. The number of ether oxygens (including phenoxy) is 1. The summed E-state index contributed by atoms with van der Waals surface area (Å²) in [6, 6.07) is 8.80. The molecular weight excluding hydrogens is 305 g/mol. The van der Waals surface area contributed by atoms with Gasteiger partial charge in [-0.25, -0.2) is 9.18 Å². The molecular formula is C16H12FNO5. The van der Waals surface area contributed by atoms with E-state index in [0.717, 1.165) is 25.3 Å². The SMILES string of the molecule is COC(=O)c1cc(F)cc(C(=O)C(c2ccccc2)[N+](=O)[O-])c1. The van der Waals surface area contributed by atoms with Gasteiger partial charge in [0.25, 0.3) is 6.04 Å². The Kier molecular flexibility index (Phi) is 4.80. The van der Waals surface area contributed by atoms with Crippen molar-refractivity contribution in [3.63, 3.8) is 0 Å². The number of hydrogen-bond donors (Lipinski definition) is 0. The number of rotatable bonds is 5. The standard InChI is InChI=1S/C16H12FNO5/c1-23-16(20)12-7-11(8-13(17)9-12)15(19)14(18(21)22)10-5-3-2-4-6-10/h2-9,14H,1H3. The van der Waals surface area contributed by atoms with Crippen LogP contribution >= 0.6 is 0 Å². The molecule has 6 nitrogen and oxygen atoms in total. The number of nitro groups is 1. The van der Waals surface area contributed by atoms with Gasteiger partial charge in [-0.05, 0) is 18.2 Å². The maximum atomic E-state index is 13.6. The van der Waals surface area contributed by atoms with Crippen molar-refractivity contribution < 1.29 is 23.6 Å². The third-order valence-electron chi connectivity index (χ3n) is 3.18. The zero-order chi connectivity index (χ0) is 17.0. The highest BCUT2D eigenvalue weighted by Gasteiger charge is 2.33. The monoisotopic (exact) mass is 317 g/mol. The van der Waals surface area contributed by atoms with Crippen molar-refractivity contribution in [2.24, 2.45) is 0 Å². The van der Waals surface area contributed by atoms with Crippen LogP contribution in [0.1, 0.15) is 32.3 Å². The number of Topliss-reactive ketones (excluding diaryl/α,β-unsaturated/α-hetero) is 1. The maximum Gasteiger partial charge on any atom is 0.337 e. The van der Waals surface area contributed by atoms with Crippen LogP contribution in [-0.2, 0) is 4.74 Å². The molecule has 23 heavy (non-hydrogen) atoms. The Balaban J connectivity index is 2.47. The van der Waals surface area contributed by atoms with Crippen LogP contribution in [0.25, 0.3) is 0 Å². The first kappa shape index (κ1) is 16.3. The Morgan fingerprint density at radius 1 is 1.13 bits per heavy atom. The minimum Gasteiger partial charge on any atom is -0.465 e. The largest absolute Gasteiger partial charge is 0.465 e. The van der Waals surface area contributed by atoms with Crippen molar-refractivity contribution in [1.82, 2.24) is 0 Å². The van der Waals surface area contributed by atoms with Crippen molar-refractivity contribution in [3.8, 4) is 0 Å². The van der Waals surface area contributed by atoms with E-state index >= 15 is 0 Å². The number of methoxy groups -OCH3 is 1. The second-order valence-corrected chi connectivity index (χ2v) is 4.68. The summed E-state index contributed by atoms with van der Waals surface area (Å²) in [6.45, 7) is 0. The summed E-state index contributed by atoms with van der Waals surface area (Å²) in [6.07, 6.45) is 0. The van der Waals surface area contributed by atoms with Crippen molar-refractivity contribution in [3.05, 3.63) is 81.2 Å². The quantitative estimate of drug-likeness (QED) is 0.366. The molecule has 0 N–H and O–H groups in total. The maximum absolute atomic E-state index is 13.6. The minimum absolute atomic E-state index is 0.173. The van der Waals surface area contributed by atoms with E-state index in [-0.39, 0.29) is 16.7 Å². The number of hydrogen-bond acceptors (Lipinski definition) is 5. The van der Waals surface area contributed by atoms with Crippen molar-refractivity contribution in [1.29, 1.82) is 0 Å². The number of carbonyl (C=O) groups excluding carboxylic acids is 2. The first-order valence-electron chi connectivity index (χ1n) is 6.55. The molecule has 0 spiro atoms. The predicted molar refractivity (Wildman–Crippen MR) is 78.2 cm³/mol. The Bertz CT molecular complexity index is 760. The average molecular weight is 317 g/mol. The minimum atomic E-state index is -1.68. The summed E-state index contributed by atoms with van der Waals surface area (Å²) in [5.74, 6) is -2.60. The van der Waals surface area contributed by atoms with E-state index in [4.69, 9.17) is 0 Å². The molecule has 118 valence electrons. The van der Waals surface area contributed by atoms with Gasteiger partial charge in [-0.3, -0.25) is 14.9 Å². The molecule has 0 saturated carbocycles. The molecule has 0 aromatic heterocycles. The molecule has 7 heteroatoms. The molecule has 0 fully saturated rings. The zero-order valence-corrected chi connectivity index (χ0v) is 12.1. The Morgan fingerprint density at radius 3 is 2.30 bits per heavy atom. The second kappa shape index (κ2) is 6.78. The second-order valence-electron chi connectivity index (χ2n) is 4.68. The van der Waals surface area contributed by atoms with Crippen LogP contribution in [0.2, 0.25) is 0 Å². The molecule has 0 aliphatic carbocycles. The molecule has 2 aromatic carbocycles. The highest BCUT2D eigenvalue weighted by Crippen LogP contribution is 2.23. The molecule has 2 rings (SSSR count). The molecule has 0 heterocycles. The lowest BCUT2D eigenvalue weighted by Gasteiger charge is -2.10. The van der Waals surface area contributed by atoms with Crippen LogP contribution in [0.15, 0.2) is 48.5 Å². The Morgan fingerprint density at radius 2 is 1.74 bits per heavy atom. The molecule has 0 aliphatic rings. The van der Waals surface area contributed by atoms with Gasteiger partial charge in [-0.1, -0.05) is 30.3 Å². The Labute approximate surface area is 130 Å². The van der Waals surface area contributed by atoms with E-state index in [1.54, 1.807) is 18.2 Å². The molecule has 0 saturated heterocycles. The number of halogens is 1. The van der Waals surface area contributed by atoms with Gasteiger partial charge in [0, 0.05) is 16.1 Å². The summed E-state index contributed by atoms with van der Waals surface area (Å²) < 4.78 is 18.1.